The highest BCUT2D eigenvalue weighted by Gasteiger charge is 2.18. The first-order valence-corrected chi connectivity index (χ1v) is 6.36. The highest BCUT2D eigenvalue weighted by molar-refractivity contribution is 5.75. The Kier molecular flexibility index (Phi) is 6.39. The molecule has 1 aromatic rings. The molecule has 0 saturated heterocycles. The zero-order valence-electron chi connectivity index (χ0n) is 11.8. The van der Waals surface area contributed by atoms with Crippen LogP contribution in [0.15, 0.2) is 18.2 Å². The summed E-state index contributed by atoms with van der Waals surface area (Å²) in [5.74, 6) is 0.748. The Hall–Kier alpha value is -1.52. The van der Waals surface area contributed by atoms with Crippen LogP contribution in [0.1, 0.15) is 24.5 Å². The molecule has 0 atom stereocenters. The van der Waals surface area contributed by atoms with Crippen molar-refractivity contribution < 1.29 is 19.7 Å². The molecule has 2 rings (SSSR count). The number of aromatic hydroxyl groups is 1. The van der Waals surface area contributed by atoms with Gasteiger partial charge in [-0.15, -0.1) is 0 Å². The minimum Gasteiger partial charge on any atom is -0.504 e. The Morgan fingerprint density at radius 1 is 1.26 bits per heavy atom. The molecule has 0 fully saturated rings. The van der Waals surface area contributed by atoms with Crippen molar-refractivity contribution in [2.75, 3.05) is 27.4 Å². The number of hydrogen-bond acceptors (Lipinski definition) is 4. The van der Waals surface area contributed by atoms with Gasteiger partial charge in [0.25, 0.3) is 0 Å². The zero-order chi connectivity index (χ0) is 14.3. The number of aliphatic hydroxyl groups is 1. The summed E-state index contributed by atoms with van der Waals surface area (Å²) in [6, 6.07) is 3.70. The standard InChI is InChI=1S/C13H16O3.C2H6O/c1-15-6-5-9-3-4-10-7-12(14)13(16-2)8-11(9)10;1-2-3/h5,7-8,14H,3-4,6H2,1-2H3;3H,2H2,1H3/b9-5+;. The maximum atomic E-state index is 9.67. The van der Waals surface area contributed by atoms with Gasteiger partial charge < -0.3 is 19.7 Å². The van der Waals surface area contributed by atoms with Gasteiger partial charge in [-0.3, -0.25) is 0 Å². The number of phenols is 1. The summed E-state index contributed by atoms with van der Waals surface area (Å²) in [6.45, 7) is 2.55. The highest BCUT2D eigenvalue weighted by atomic mass is 16.5. The van der Waals surface area contributed by atoms with Crippen molar-refractivity contribution in [2.24, 2.45) is 0 Å². The topological polar surface area (TPSA) is 58.9 Å². The van der Waals surface area contributed by atoms with Gasteiger partial charge in [-0.2, -0.15) is 0 Å². The third-order valence-corrected chi connectivity index (χ3v) is 2.91. The molecule has 0 heterocycles. The van der Waals surface area contributed by atoms with Crippen molar-refractivity contribution in [2.45, 2.75) is 19.8 Å². The Morgan fingerprint density at radius 2 is 1.95 bits per heavy atom. The SMILES string of the molecule is CCO.COC/C=C1\CCc2cc(O)c(OC)cc21. The maximum Gasteiger partial charge on any atom is 0.161 e. The van der Waals surface area contributed by atoms with Gasteiger partial charge in [0.05, 0.1) is 13.7 Å². The molecular formula is C15H22O4. The lowest BCUT2D eigenvalue weighted by Crippen LogP contribution is -1.89. The van der Waals surface area contributed by atoms with Crippen LogP contribution in [0.25, 0.3) is 5.57 Å². The van der Waals surface area contributed by atoms with Crippen molar-refractivity contribution in [1.82, 2.24) is 0 Å². The van der Waals surface area contributed by atoms with E-state index in [9.17, 15) is 5.11 Å². The second-order valence-corrected chi connectivity index (χ2v) is 4.18. The molecule has 0 spiro atoms. The summed E-state index contributed by atoms with van der Waals surface area (Å²) in [7, 11) is 3.25. The molecule has 106 valence electrons. The number of hydrogen-bond donors (Lipinski definition) is 2. The van der Waals surface area contributed by atoms with Crippen molar-refractivity contribution in [3.63, 3.8) is 0 Å². The third-order valence-electron chi connectivity index (χ3n) is 2.91. The maximum absolute atomic E-state index is 9.67. The predicted octanol–water partition coefficient (Wildman–Crippen LogP) is 2.38. The molecule has 19 heavy (non-hydrogen) atoms. The number of phenolic OH excluding ortho intramolecular Hbond substituents is 1. The van der Waals surface area contributed by atoms with Crippen molar-refractivity contribution >= 4 is 5.57 Å². The minimum absolute atomic E-state index is 0.217. The molecule has 0 amide bonds. The lowest BCUT2D eigenvalue weighted by atomic mass is 10.1. The van der Waals surface area contributed by atoms with Gasteiger partial charge in [0, 0.05) is 13.7 Å². The average Bonchev–Trinajstić information content (AvgIpc) is 2.78. The van der Waals surface area contributed by atoms with Crippen LogP contribution in [0.3, 0.4) is 0 Å². The summed E-state index contributed by atoms with van der Waals surface area (Å²) >= 11 is 0. The lowest BCUT2D eigenvalue weighted by Gasteiger charge is -2.07. The number of aryl methyl sites for hydroxylation is 1. The second kappa shape index (κ2) is 7.81. The summed E-state index contributed by atoms with van der Waals surface area (Å²) in [5.41, 5.74) is 3.63. The molecule has 4 nitrogen and oxygen atoms in total. The van der Waals surface area contributed by atoms with Crippen LogP contribution in [0.4, 0.5) is 0 Å². The van der Waals surface area contributed by atoms with Crippen LogP contribution in [-0.2, 0) is 11.2 Å². The third kappa shape index (κ3) is 3.98. The van der Waals surface area contributed by atoms with E-state index in [0.29, 0.717) is 12.4 Å². The van der Waals surface area contributed by atoms with Gasteiger partial charge in [-0.25, -0.2) is 0 Å². The lowest BCUT2D eigenvalue weighted by molar-refractivity contribution is 0.234. The fourth-order valence-corrected chi connectivity index (χ4v) is 2.08. The number of benzene rings is 1. The quantitative estimate of drug-likeness (QED) is 0.882. The molecule has 0 aliphatic heterocycles. The number of allylic oxidation sites excluding steroid dienone is 1. The molecule has 4 heteroatoms. The van der Waals surface area contributed by atoms with Crippen molar-refractivity contribution in [3.05, 3.63) is 29.3 Å². The molecule has 1 aliphatic rings. The molecular weight excluding hydrogens is 244 g/mol. The zero-order valence-corrected chi connectivity index (χ0v) is 11.8. The van der Waals surface area contributed by atoms with Crippen molar-refractivity contribution in [3.8, 4) is 11.5 Å². The molecule has 0 radical (unpaired) electrons. The van der Waals surface area contributed by atoms with E-state index in [4.69, 9.17) is 14.6 Å². The molecule has 1 aromatic carbocycles. The minimum atomic E-state index is 0.217. The number of fused-ring (bicyclic) bond motifs is 1. The van der Waals surface area contributed by atoms with Crippen LogP contribution in [0.2, 0.25) is 0 Å². The predicted molar refractivity (Wildman–Crippen MR) is 75.6 cm³/mol. The van der Waals surface area contributed by atoms with Gasteiger partial charge in [0.15, 0.2) is 11.5 Å². The summed E-state index contributed by atoms with van der Waals surface area (Å²) in [4.78, 5) is 0. The van der Waals surface area contributed by atoms with E-state index >= 15 is 0 Å². The second-order valence-electron chi connectivity index (χ2n) is 4.18. The first-order valence-electron chi connectivity index (χ1n) is 6.36. The van der Waals surface area contributed by atoms with Crippen molar-refractivity contribution in [1.29, 1.82) is 0 Å². The highest BCUT2D eigenvalue weighted by Crippen LogP contribution is 2.39. The van der Waals surface area contributed by atoms with E-state index < -0.39 is 0 Å². The van der Waals surface area contributed by atoms with E-state index in [0.717, 1.165) is 12.8 Å². The van der Waals surface area contributed by atoms with Crippen LogP contribution < -0.4 is 4.74 Å². The first kappa shape index (κ1) is 15.5. The smallest absolute Gasteiger partial charge is 0.161 e. The van der Waals surface area contributed by atoms with Gasteiger partial charge in [0.1, 0.15) is 0 Å². The number of methoxy groups -OCH3 is 2. The van der Waals surface area contributed by atoms with Crippen LogP contribution >= 0.6 is 0 Å². The first-order chi connectivity index (χ1) is 9.17. The summed E-state index contributed by atoms with van der Waals surface area (Å²) < 4.78 is 10.2. The van der Waals surface area contributed by atoms with E-state index in [-0.39, 0.29) is 12.4 Å². The Bertz CT molecular complexity index is 438. The van der Waals surface area contributed by atoms with E-state index in [1.807, 2.05) is 6.07 Å². The monoisotopic (exact) mass is 266 g/mol. The van der Waals surface area contributed by atoms with E-state index in [1.54, 1.807) is 27.2 Å². The Balaban J connectivity index is 0.000000550. The summed E-state index contributed by atoms with van der Waals surface area (Å²) in [6.07, 6.45) is 4.07. The normalized spacial score (nSPS) is 14.8. The fraction of sp³-hybridized carbons (Fsp3) is 0.467. The van der Waals surface area contributed by atoms with Gasteiger partial charge in [-0.05, 0) is 48.6 Å². The summed E-state index contributed by atoms with van der Waals surface area (Å²) in [5, 5.41) is 17.2. The molecule has 0 unspecified atom stereocenters. The van der Waals surface area contributed by atoms with Gasteiger partial charge in [-0.1, -0.05) is 6.08 Å². The molecule has 0 bridgehead atoms. The average molecular weight is 266 g/mol. The molecule has 1 aliphatic carbocycles. The molecule has 2 N–H and O–H groups in total. The fourth-order valence-electron chi connectivity index (χ4n) is 2.08. The number of ether oxygens (including phenoxy) is 2. The number of rotatable bonds is 3. The van der Waals surface area contributed by atoms with Gasteiger partial charge in [0.2, 0.25) is 0 Å². The van der Waals surface area contributed by atoms with Gasteiger partial charge >= 0.3 is 0 Å². The molecule has 0 aromatic heterocycles. The Labute approximate surface area is 114 Å². The van der Waals surface area contributed by atoms with Crippen LogP contribution in [0.5, 0.6) is 11.5 Å². The van der Waals surface area contributed by atoms with E-state index in [2.05, 4.69) is 6.08 Å². The van der Waals surface area contributed by atoms with Crippen LogP contribution in [-0.4, -0.2) is 37.6 Å². The van der Waals surface area contributed by atoms with Crippen LogP contribution in [0, 0.1) is 0 Å². The number of aliphatic hydroxyl groups excluding tert-OH is 1. The molecule has 0 saturated carbocycles. The Morgan fingerprint density at radius 3 is 2.53 bits per heavy atom. The van der Waals surface area contributed by atoms with E-state index in [1.165, 1.54) is 16.7 Å². The largest absolute Gasteiger partial charge is 0.504 e.